The third-order valence-electron chi connectivity index (χ3n) is 1.49. The third-order valence-corrected chi connectivity index (χ3v) is 1.83. The summed E-state index contributed by atoms with van der Waals surface area (Å²) >= 11 is 5.67. The Morgan fingerprint density at radius 2 is 2.46 bits per heavy atom. The van der Waals surface area contributed by atoms with Crippen molar-refractivity contribution in [2.45, 2.75) is 12.5 Å². The molecule has 0 aliphatic carbocycles. The van der Waals surface area contributed by atoms with Crippen LogP contribution in [0.3, 0.4) is 0 Å². The molecule has 1 heterocycles. The summed E-state index contributed by atoms with van der Waals surface area (Å²) in [6.45, 7) is 0. The molecule has 0 saturated carbocycles. The maximum absolute atomic E-state index is 10.4. The predicted octanol–water partition coefficient (Wildman–Crippen LogP) is 0.0844. The summed E-state index contributed by atoms with van der Waals surface area (Å²) in [5.41, 5.74) is 5.84. The van der Waals surface area contributed by atoms with E-state index in [2.05, 4.69) is 9.97 Å². The molecule has 1 rings (SSSR count). The second kappa shape index (κ2) is 4.15. The zero-order chi connectivity index (χ0) is 9.84. The number of carboxylic acids is 1. The van der Waals surface area contributed by atoms with Gasteiger partial charge in [0.05, 0.1) is 0 Å². The summed E-state index contributed by atoms with van der Waals surface area (Å²) in [6, 6.07) is -0.969. The van der Waals surface area contributed by atoms with Crippen molar-refractivity contribution in [3.8, 4) is 0 Å². The first-order chi connectivity index (χ1) is 6.11. The molecule has 0 spiro atoms. The van der Waals surface area contributed by atoms with Crippen LogP contribution in [-0.4, -0.2) is 27.1 Å². The van der Waals surface area contributed by atoms with Gasteiger partial charge in [0, 0.05) is 18.2 Å². The van der Waals surface area contributed by atoms with E-state index in [0.717, 1.165) is 0 Å². The van der Waals surface area contributed by atoms with Crippen LogP contribution in [0, 0.1) is 0 Å². The van der Waals surface area contributed by atoms with Crippen LogP contribution in [0.1, 0.15) is 5.56 Å². The molecule has 3 N–H and O–H groups in total. The Balaban J connectivity index is 2.74. The Morgan fingerprint density at radius 1 is 1.77 bits per heavy atom. The minimum absolute atomic E-state index is 0.134. The molecule has 0 aromatic carbocycles. The van der Waals surface area contributed by atoms with Gasteiger partial charge in [-0.2, -0.15) is 0 Å². The largest absolute Gasteiger partial charge is 0.480 e. The average Bonchev–Trinajstić information content (AvgIpc) is 2.08. The molecule has 0 bridgehead atoms. The fourth-order valence-electron chi connectivity index (χ4n) is 0.805. The first-order valence-corrected chi connectivity index (χ1v) is 3.92. The molecular formula is C7H8ClN3O2. The molecule has 1 aromatic rings. The van der Waals surface area contributed by atoms with Crippen LogP contribution >= 0.6 is 11.6 Å². The highest BCUT2D eigenvalue weighted by Crippen LogP contribution is 2.11. The van der Waals surface area contributed by atoms with E-state index in [1.165, 1.54) is 12.5 Å². The number of hydrogen-bond donors (Lipinski definition) is 2. The third kappa shape index (κ3) is 2.64. The van der Waals surface area contributed by atoms with Crippen LogP contribution in [-0.2, 0) is 11.2 Å². The molecule has 0 aliphatic rings. The van der Waals surface area contributed by atoms with Gasteiger partial charge in [-0.1, -0.05) is 11.6 Å². The summed E-state index contributed by atoms with van der Waals surface area (Å²) in [6.07, 6.45) is 2.88. The van der Waals surface area contributed by atoms with Crippen molar-refractivity contribution in [3.05, 3.63) is 23.2 Å². The number of carbonyl (C=O) groups is 1. The smallest absolute Gasteiger partial charge is 0.320 e. The van der Waals surface area contributed by atoms with Gasteiger partial charge in [-0.25, -0.2) is 9.97 Å². The van der Waals surface area contributed by atoms with Crippen molar-refractivity contribution in [2.24, 2.45) is 5.73 Å². The molecule has 0 aliphatic heterocycles. The number of carboxylic acid groups (broad SMARTS) is 1. The van der Waals surface area contributed by atoms with Crippen molar-refractivity contribution in [2.75, 3.05) is 0 Å². The van der Waals surface area contributed by atoms with Crippen LogP contribution in [0.15, 0.2) is 12.5 Å². The summed E-state index contributed by atoms with van der Waals surface area (Å²) in [5.74, 6) is -1.07. The minimum Gasteiger partial charge on any atom is -0.480 e. The standard InChI is InChI=1S/C7H8ClN3O2/c8-6-4(2-10-3-11-6)1-5(9)7(12)13/h2-3,5H,1,9H2,(H,12,13)/t5-/m0/s1. The Labute approximate surface area is 79.6 Å². The van der Waals surface area contributed by atoms with Gasteiger partial charge in [0.2, 0.25) is 0 Å². The second-order valence-electron chi connectivity index (χ2n) is 2.49. The molecule has 0 radical (unpaired) electrons. The zero-order valence-corrected chi connectivity index (χ0v) is 7.40. The summed E-state index contributed by atoms with van der Waals surface area (Å²) in [7, 11) is 0. The number of nitrogens with two attached hydrogens (primary N) is 1. The second-order valence-corrected chi connectivity index (χ2v) is 2.85. The number of hydrogen-bond acceptors (Lipinski definition) is 4. The Kier molecular flexibility index (Phi) is 3.16. The topological polar surface area (TPSA) is 89.1 Å². The van der Waals surface area contributed by atoms with Crippen molar-refractivity contribution >= 4 is 17.6 Å². The fraction of sp³-hybridized carbons (Fsp3) is 0.286. The molecule has 5 nitrogen and oxygen atoms in total. The van der Waals surface area contributed by atoms with Gasteiger partial charge in [-0.3, -0.25) is 4.79 Å². The zero-order valence-electron chi connectivity index (χ0n) is 6.64. The highest BCUT2D eigenvalue weighted by atomic mass is 35.5. The lowest BCUT2D eigenvalue weighted by Gasteiger charge is -2.05. The van der Waals surface area contributed by atoms with Gasteiger partial charge >= 0.3 is 5.97 Å². The van der Waals surface area contributed by atoms with E-state index in [1.807, 2.05) is 0 Å². The van der Waals surface area contributed by atoms with Crippen molar-refractivity contribution < 1.29 is 9.90 Å². The van der Waals surface area contributed by atoms with Gasteiger partial charge in [-0.05, 0) is 0 Å². The van der Waals surface area contributed by atoms with E-state index in [4.69, 9.17) is 22.4 Å². The normalized spacial score (nSPS) is 12.5. The highest BCUT2D eigenvalue weighted by molar-refractivity contribution is 6.30. The lowest BCUT2D eigenvalue weighted by Crippen LogP contribution is -2.32. The lowest BCUT2D eigenvalue weighted by molar-refractivity contribution is -0.138. The summed E-state index contributed by atoms with van der Waals surface area (Å²) in [4.78, 5) is 17.8. The van der Waals surface area contributed by atoms with Gasteiger partial charge in [0.1, 0.15) is 17.5 Å². The van der Waals surface area contributed by atoms with Crippen LogP contribution in [0.2, 0.25) is 5.15 Å². The van der Waals surface area contributed by atoms with Gasteiger partial charge in [-0.15, -0.1) is 0 Å². The van der Waals surface area contributed by atoms with Gasteiger partial charge < -0.3 is 10.8 Å². The van der Waals surface area contributed by atoms with Gasteiger partial charge in [0.25, 0.3) is 0 Å². The summed E-state index contributed by atoms with van der Waals surface area (Å²) in [5, 5.41) is 8.77. The fourth-order valence-corrected chi connectivity index (χ4v) is 0.974. The van der Waals surface area contributed by atoms with Crippen molar-refractivity contribution in [3.63, 3.8) is 0 Å². The maximum atomic E-state index is 10.4. The van der Waals surface area contributed by atoms with E-state index in [0.29, 0.717) is 5.56 Å². The van der Waals surface area contributed by atoms with E-state index in [-0.39, 0.29) is 11.6 Å². The van der Waals surface area contributed by atoms with Crippen LogP contribution in [0.25, 0.3) is 0 Å². The number of nitrogens with zero attached hydrogens (tertiary/aromatic N) is 2. The molecule has 0 fully saturated rings. The highest BCUT2D eigenvalue weighted by Gasteiger charge is 2.14. The Morgan fingerprint density at radius 3 is 3.00 bits per heavy atom. The monoisotopic (exact) mass is 201 g/mol. The molecule has 1 atom stereocenters. The molecular weight excluding hydrogens is 194 g/mol. The quantitative estimate of drug-likeness (QED) is 0.677. The van der Waals surface area contributed by atoms with Crippen LogP contribution in [0.4, 0.5) is 0 Å². The minimum atomic E-state index is -1.07. The molecule has 0 saturated heterocycles. The Hall–Kier alpha value is -1.20. The number of aliphatic carboxylic acids is 1. The Bertz CT molecular complexity index is 318. The molecule has 0 unspecified atom stereocenters. The molecule has 70 valence electrons. The predicted molar refractivity (Wildman–Crippen MR) is 46.4 cm³/mol. The van der Waals surface area contributed by atoms with E-state index < -0.39 is 12.0 Å². The number of rotatable bonds is 3. The molecule has 6 heteroatoms. The number of aromatic nitrogens is 2. The molecule has 0 amide bonds. The summed E-state index contributed by atoms with van der Waals surface area (Å²) < 4.78 is 0. The van der Waals surface area contributed by atoms with Crippen LogP contribution in [0.5, 0.6) is 0 Å². The molecule has 1 aromatic heterocycles. The maximum Gasteiger partial charge on any atom is 0.320 e. The van der Waals surface area contributed by atoms with Gasteiger partial charge in [0.15, 0.2) is 0 Å². The van der Waals surface area contributed by atoms with E-state index in [9.17, 15) is 4.79 Å². The number of halogens is 1. The van der Waals surface area contributed by atoms with E-state index in [1.54, 1.807) is 0 Å². The molecule has 13 heavy (non-hydrogen) atoms. The van der Waals surface area contributed by atoms with Crippen molar-refractivity contribution in [1.29, 1.82) is 0 Å². The first-order valence-electron chi connectivity index (χ1n) is 3.54. The van der Waals surface area contributed by atoms with Crippen molar-refractivity contribution in [1.82, 2.24) is 9.97 Å². The first kappa shape index (κ1) is 9.88. The lowest BCUT2D eigenvalue weighted by atomic mass is 10.1. The average molecular weight is 202 g/mol. The SMILES string of the molecule is N[C@@H](Cc1cncnc1Cl)C(=O)O. The van der Waals surface area contributed by atoms with Crippen LogP contribution < -0.4 is 5.73 Å². The van der Waals surface area contributed by atoms with E-state index >= 15 is 0 Å².